The second-order valence-corrected chi connectivity index (χ2v) is 15.1. The van der Waals surface area contributed by atoms with E-state index in [-0.39, 0.29) is 11.8 Å². The number of aromatic nitrogens is 4. The summed E-state index contributed by atoms with van der Waals surface area (Å²) in [5, 5.41) is 2.54. The third-order valence-electron chi connectivity index (χ3n) is 12.0. The molecule has 4 nitrogen and oxygen atoms in total. The van der Waals surface area contributed by atoms with Crippen LogP contribution in [0, 0.1) is 0 Å². The molecule has 4 heteroatoms. The minimum atomic E-state index is 0.0783. The van der Waals surface area contributed by atoms with Gasteiger partial charge in [-0.3, -0.25) is 0 Å². The quantitative estimate of drug-likeness (QED) is 0.177. The molecule has 0 saturated heterocycles. The maximum absolute atomic E-state index is 5.14. The molecule has 2 aliphatic rings. The van der Waals surface area contributed by atoms with E-state index < -0.39 is 0 Å². The van der Waals surface area contributed by atoms with Crippen molar-refractivity contribution >= 4 is 21.8 Å². The lowest BCUT2D eigenvalue weighted by Gasteiger charge is -2.24. The highest BCUT2D eigenvalue weighted by molar-refractivity contribution is 6.11. The Morgan fingerprint density at radius 3 is 1.46 bits per heavy atom. The lowest BCUT2D eigenvalue weighted by atomic mass is 9.78. The smallest absolute Gasteiger partial charge is 0.164 e. The minimum Gasteiger partial charge on any atom is -0.309 e. The zero-order chi connectivity index (χ0) is 37.5. The van der Waals surface area contributed by atoms with Crippen molar-refractivity contribution in [2.75, 3.05) is 0 Å². The van der Waals surface area contributed by atoms with Crippen molar-refractivity contribution < 1.29 is 0 Å². The molecule has 0 aliphatic heterocycles. The van der Waals surface area contributed by atoms with Gasteiger partial charge in [-0.1, -0.05) is 158 Å². The van der Waals surface area contributed by atoms with Crippen LogP contribution >= 0.6 is 0 Å². The van der Waals surface area contributed by atoms with Crippen LogP contribution in [-0.4, -0.2) is 19.5 Å². The van der Waals surface area contributed by atoms with Crippen LogP contribution in [0.2, 0.25) is 0 Å². The molecule has 0 bridgehead atoms. The molecule has 0 saturated carbocycles. The summed E-state index contributed by atoms with van der Waals surface area (Å²) in [5.74, 6) is 2.17. The van der Waals surface area contributed by atoms with Crippen molar-refractivity contribution in [3.05, 3.63) is 216 Å². The summed E-state index contributed by atoms with van der Waals surface area (Å²) in [6.45, 7) is 0. The lowest BCUT2D eigenvalue weighted by molar-refractivity contribution is 0.724. The first-order valence-corrected chi connectivity index (χ1v) is 19.6. The monoisotopic (exact) mass is 726 g/mol. The van der Waals surface area contributed by atoms with Gasteiger partial charge in [-0.2, -0.15) is 0 Å². The molecule has 57 heavy (non-hydrogen) atoms. The summed E-state index contributed by atoms with van der Waals surface area (Å²) in [4.78, 5) is 15.3. The molecule has 2 atom stereocenters. The van der Waals surface area contributed by atoms with E-state index in [1.165, 1.54) is 72.0 Å². The van der Waals surface area contributed by atoms with Crippen LogP contribution in [0.4, 0.5) is 0 Å². The Morgan fingerprint density at radius 2 is 0.807 bits per heavy atom. The van der Waals surface area contributed by atoms with Crippen molar-refractivity contribution in [1.29, 1.82) is 0 Å². The Hall–Kier alpha value is -7.43. The molecule has 0 radical (unpaired) electrons. The molecule has 0 fully saturated rings. The Morgan fingerprint density at radius 1 is 0.316 bits per heavy atom. The number of hydrogen-bond acceptors (Lipinski definition) is 3. The van der Waals surface area contributed by atoms with E-state index in [2.05, 4.69) is 162 Å². The molecule has 2 aliphatic carbocycles. The number of nitrogens with zero attached hydrogens (tertiary/aromatic N) is 4. The first-order chi connectivity index (χ1) is 28.3. The van der Waals surface area contributed by atoms with E-state index in [1.807, 2.05) is 36.4 Å². The third-order valence-corrected chi connectivity index (χ3v) is 12.0. The summed E-state index contributed by atoms with van der Waals surface area (Å²) in [6, 6.07) is 69.8. The topological polar surface area (TPSA) is 43.6 Å². The SMILES string of the molecule is c1ccc(-c2nc(-c3ccccc3)nc(-c3ccc4c(c3)C(C3c5ccccc5-c5cc6c7ccccc7n(-c7ccccc7)c6cc53)c3ccccc3-4)n2)cc1. The predicted molar refractivity (Wildman–Crippen MR) is 231 cm³/mol. The van der Waals surface area contributed by atoms with Crippen LogP contribution in [0.5, 0.6) is 0 Å². The zero-order valence-corrected chi connectivity index (χ0v) is 30.9. The van der Waals surface area contributed by atoms with Gasteiger partial charge in [0.1, 0.15) is 0 Å². The van der Waals surface area contributed by atoms with E-state index in [0.29, 0.717) is 17.5 Å². The summed E-state index contributed by atoms with van der Waals surface area (Å²) < 4.78 is 2.44. The largest absolute Gasteiger partial charge is 0.309 e. The van der Waals surface area contributed by atoms with Gasteiger partial charge in [-0.05, 0) is 80.9 Å². The molecule has 2 aromatic heterocycles. The van der Waals surface area contributed by atoms with Crippen molar-refractivity contribution in [2.45, 2.75) is 11.8 Å². The minimum absolute atomic E-state index is 0.0783. The summed E-state index contributed by atoms with van der Waals surface area (Å²) in [7, 11) is 0. The molecule has 2 heterocycles. The van der Waals surface area contributed by atoms with Gasteiger partial charge in [0.15, 0.2) is 17.5 Å². The summed E-state index contributed by atoms with van der Waals surface area (Å²) >= 11 is 0. The average molecular weight is 727 g/mol. The van der Waals surface area contributed by atoms with Gasteiger partial charge in [0.25, 0.3) is 0 Å². The normalized spacial score (nSPS) is 15.0. The van der Waals surface area contributed by atoms with Crippen LogP contribution < -0.4 is 0 Å². The Balaban J connectivity index is 1.09. The van der Waals surface area contributed by atoms with Crippen molar-refractivity contribution in [3.8, 4) is 62.1 Å². The van der Waals surface area contributed by atoms with Gasteiger partial charge in [0.05, 0.1) is 11.0 Å². The maximum atomic E-state index is 5.14. The van der Waals surface area contributed by atoms with E-state index in [9.17, 15) is 0 Å². The first kappa shape index (κ1) is 31.9. The van der Waals surface area contributed by atoms with Gasteiger partial charge in [0.2, 0.25) is 0 Å². The van der Waals surface area contributed by atoms with Crippen LogP contribution in [0.25, 0.3) is 83.9 Å². The number of hydrogen-bond donors (Lipinski definition) is 0. The summed E-state index contributed by atoms with van der Waals surface area (Å²) in [5.41, 5.74) is 17.1. The van der Waals surface area contributed by atoms with E-state index >= 15 is 0 Å². The number of rotatable bonds is 5. The zero-order valence-electron chi connectivity index (χ0n) is 30.9. The van der Waals surface area contributed by atoms with Crippen LogP contribution in [0.1, 0.15) is 34.1 Å². The molecule has 10 aromatic rings. The van der Waals surface area contributed by atoms with Gasteiger partial charge < -0.3 is 4.57 Å². The van der Waals surface area contributed by atoms with Crippen LogP contribution in [0.3, 0.4) is 0 Å². The molecule has 266 valence electrons. The molecule has 0 N–H and O–H groups in total. The molecule has 2 unspecified atom stereocenters. The second kappa shape index (κ2) is 12.6. The number of fused-ring (bicyclic) bond motifs is 9. The number of para-hydroxylation sites is 2. The Kier molecular flexibility index (Phi) is 7.02. The lowest BCUT2D eigenvalue weighted by Crippen LogP contribution is -2.10. The Bertz CT molecular complexity index is 3130. The maximum Gasteiger partial charge on any atom is 0.164 e. The fourth-order valence-corrected chi connectivity index (χ4v) is 9.60. The fourth-order valence-electron chi connectivity index (χ4n) is 9.60. The van der Waals surface area contributed by atoms with Crippen LogP contribution in [0.15, 0.2) is 194 Å². The van der Waals surface area contributed by atoms with Crippen molar-refractivity contribution in [2.24, 2.45) is 0 Å². The van der Waals surface area contributed by atoms with Crippen molar-refractivity contribution in [1.82, 2.24) is 19.5 Å². The van der Waals surface area contributed by atoms with Gasteiger partial charge in [-0.25, -0.2) is 15.0 Å². The molecule has 0 spiro atoms. The highest BCUT2D eigenvalue weighted by Gasteiger charge is 2.41. The van der Waals surface area contributed by atoms with Crippen LogP contribution in [-0.2, 0) is 0 Å². The highest BCUT2D eigenvalue weighted by atomic mass is 15.0. The average Bonchev–Trinajstić information content (AvgIpc) is 3.90. The van der Waals surface area contributed by atoms with E-state index in [4.69, 9.17) is 15.0 Å². The molecular weight excluding hydrogens is 693 g/mol. The van der Waals surface area contributed by atoms with Gasteiger partial charge in [-0.15, -0.1) is 0 Å². The highest BCUT2D eigenvalue weighted by Crippen LogP contribution is 2.59. The summed E-state index contributed by atoms with van der Waals surface area (Å²) in [6.07, 6.45) is 0. The first-order valence-electron chi connectivity index (χ1n) is 19.6. The molecule has 0 amide bonds. The van der Waals surface area contributed by atoms with Gasteiger partial charge in [0, 0.05) is 45.0 Å². The number of benzene rings is 8. The third kappa shape index (κ3) is 4.90. The van der Waals surface area contributed by atoms with Gasteiger partial charge >= 0.3 is 0 Å². The molecule has 12 rings (SSSR count). The van der Waals surface area contributed by atoms with E-state index in [1.54, 1.807) is 0 Å². The van der Waals surface area contributed by atoms with Crippen molar-refractivity contribution in [3.63, 3.8) is 0 Å². The Labute approximate surface area is 330 Å². The predicted octanol–water partition coefficient (Wildman–Crippen LogP) is 12.9. The fraction of sp³-hybridized carbons (Fsp3) is 0.0377. The molecular formula is C53H34N4. The van der Waals surface area contributed by atoms with E-state index in [0.717, 1.165) is 16.7 Å². The molecule has 8 aromatic carbocycles. The second-order valence-electron chi connectivity index (χ2n) is 15.1. The standard InChI is InChI=1S/C53H34N4/c1-4-16-33(17-5-1)51-54-52(34-18-6-2-7-19-34)56-53(55-51)35-28-29-39-37-22-10-12-25-41(37)49(45(39)30-35)50-42-26-13-11-23-38(42)43-31-44-40-24-14-15-27-47(40)57(48(44)32-46(43)50)36-20-8-3-9-21-36/h1-32,49-50H.